The van der Waals surface area contributed by atoms with Gasteiger partial charge in [-0.1, -0.05) is 20.0 Å². The Hall–Kier alpha value is 0.177. The van der Waals surface area contributed by atoms with Crippen LogP contribution in [0.5, 0.6) is 0 Å². The molecule has 0 bridgehead atoms. The van der Waals surface area contributed by atoms with Crippen LogP contribution in [-0.2, 0) is 0 Å². The van der Waals surface area contributed by atoms with Crippen LogP contribution in [0.4, 0.5) is 0 Å². The second kappa shape index (κ2) is 3.92. The Balaban J connectivity index is 2.62. The van der Waals surface area contributed by atoms with Gasteiger partial charge in [-0.05, 0) is 6.42 Å². The van der Waals surface area contributed by atoms with E-state index in [-0.39, 0.29) is 0 Å². The number of rotatable bonds is 3. The van der Waals surface area contributed by atoms with Crippen molar-refractivity contribution in [3.05, 3.63) is 0 Å². The largest absolute Gasteiger partial charge is 0.327 e. The van der Waals surface area contributed by atoms with Gasteiger partial charge in [0.15, 0.2) is 0 Å². The molecule has 0 saturated carbocycles. The Morgan fingerprint density at radius 3 is 2.08 bits per heavy atom. The third-order valence-corrected chi connectivity index (χ3v) is 6.31. The molecule has 0 radical (unpaired) electrons. The fraction of sp³-hybridized carbons (Fsp3) is 1.00. The van der Waals surface area contributed by atoms with Crippen molar-refractivity contribution in [3.8, 4) is 0 Å². The van der Waals surface area contributed by atoms with Crippen molar-refractivity contribution < 1.29 is 4.48 Å². The first kappa shape index (κ1) is 10.3. The Morgan fingerprint density at radius 1 is 1.25 bits per heavy atom. The Kier molecular flexibility index (Phi) is 3.35. The monoisotopic (exact) mass is 186 g/mol. The summed E-state index contributed by atoms with van der Waals surface area (Å²) in [5, 5.41) is 0. The summed E-state index contributed by atoms with van der Waals surface area (Å²) in [6, 6.07) is 0. The summed E-state index contributed by atoms with van der Waals surface area (Å²) in [4.78, 5) is 0. The van der Waals surface area contributed by atoms with E-state index in [1.54, 1.807) is 0 Å². The molecule has 0 amide bonds. The maximum atomic E-state index is 2.51. The highest BCUT2D eigenvalue weighted by Crippen LogP contribution is 2.24. The molecule has 1 nitrogen and oxygen atoms in total. The van der Waals surface area contributed by atoms with Crippen LogP contribution < -0.4 is 0 Å². The van der Waals surface area contributed by atoms with Gasteiger partial charge in [-0.25, -0.2) is 0 Å². The van der Waals surface area contributed by atoms with E-state index in [1.807, 2.05) is 0 Å². The summed E-state index contributed by atoms with van der Waals surface area (Å²) in [7, 11) is 2.05. The van der Waals surface area contributed by atoms with Gasteiger partial charge in [0.2, 0.25) is 0 Å². The molecule has 1 rings (SSSR count). The molecule has 0 N–H and O–H groups in total. The average molecular weight is 186 g/mol. The van der Waals surface area contributed by atoms with Crippen LogP contribution >= 0.6 is 0 Å². The summed E-state index contributed by atoms with van der Waals surface area (Å²) in [6.07, 6.45) is 4.34. The summed E-state index contributed by atoms with van der Waals surface area (Å²) in [6.45, 7) is 10.3. The molecule has 0 aromatic rings. The van der Waals surface area contributed by atoms with Gasteiger partial charge in [0.1, 0.15) is 8.80 Å². The lowest BCUT2D eigenvalue weighted by Gasteiger charge is -2.39. The molecule has 0 aromatic heterocycles. The molecule has 12 heavy (non-hydrogen) atoms. The first-order valence-corrected chi connectivity index (χ1v) is 8.42. The summed E-state index contributed by atoms with van der Waals surface area (Å²) < 4.78 is 1.40. The number of hydrogen-bond acceptors (Lipinski definition) is 0. The Labute approximate surface area is 79.0 Å². The third kappa shape index (κ3) is 1.91. The molecule has 1 fully saturated rings. The van der Waals surface area contributed by atoms with Crippen LogP contribution in [0.1, 0.15) is 26.2 Å². The molecule has 0 aliphatic carbocycles. The van der Waals surface area contributed by atoms with Gasteiger partial charge in [-0.15, -0.1) is 0 Å². The quantitative estimate of drug-likeness (QED) is 0.467. The van der Waals surface area contributed by atoms with Gasteiger partial charge >= 0.3 is 0 Å². The minimum atomic E-state index is -0.434. The van der Waals surface area contributed by atoms with Crippen molar-refractivity contribution in [1.82, 2.24) is 0 Å². The Bertz CT molecular complexity index is 139. The summed E-state index contributed by atoms with van der Waals surface area (Å²) in [5.74, 6) is 0. The van der Waals surface area contributed by atoms with Crippen molar-refractivity contribution in [2.75, 3.05) is 20.1 Å². The van der Waals surface area contributed by atoms with Crippen LogP contribution in [0.25, 0.3) is 0 Å². The molecule has 72 valence electrons. The first-order chi connectivity index (χ1) is 5.60. The van der Waals surface area contributed by atoms with Crippen LogP contribution in [0.15, 0.2) is 0 Å². The number of nitrogens with zero attached hydrogens (tertiary/aromatic N) is 1. The smallest absolute Gasteiger partial charge is 0.102 e. The fourth-order valence-electron chi connectivity index (χ4n) is 3.02. The van der Waals surface area contributed by atoms with Gasteiger partial charge < -0.3 is 4.48 Å². The summed E-state index contributed by atoms with van der Waals surface area (Å²) >= 11 is 0. The second-order valence-electron chi connectivity index (χ2n) is 4.85. The highest BCUT2D eigenvalue weighted by Gasteiger charge is 2.36. The zero-order chi connectivity index (χ0) is 9.19. The van der Waals surface area contributed by atoms with Crippen LogP contribution in [-0.4, -0.2) is 39.1 Å². The topological polar surface area (TPSA) is 0 Å². The van der Waals surface area contributed by atoms with Gasteiger partial charge in [0.25, 0.3) is 0 Å². The third-order valence-electron chi connectivity index (χ3n) is 3.58. The summed E-state index contributed by atoms with van der Waals surface area (Å²) in [5.41, 5.74) is 1.03. The molecule has 0 spiro atoms. The lowest BCUT2D eigenvalue weighted by molar-refractivity contribution is -0.910. The van der Waals surface area contributed by atoms with E-state index in [4.69, 9.17) is 0 Å². The van der Waals surface area contributed by atoms with Crippen molar-refractivity contribution in [1.29, 1.82) is 0 Å². The van der Waals surface area contributed by atoms with Gasteiger partial charge in [0.05, 0.1) is 25.8 Å². The molecule has 1 atom stereocenters. The van der Waals surface area contributed by atoms with E-state index in [0.717, 1.165) is 5.67 Å². The number of likely N-dealkylation sites (tertiary alicyclic amines) is 1. The molecule has 1 unspecified atom stereocenters. The molecule has 2 heteroatoms. The normalized spacial score (nSPS) is 24.8. The van der Waals surface area contributed by atoms with Gasteiger partial charge in [-0.3, -0.25) is 0 Å². The van der Waals surface area contributed by atoms with E-state index in [2.05, 4.69) is 27.1 Å². The standard InChI is InChI=1S/C10H24NSi/c1-5-10(12(3)4)11(2)8-6-7-9-11/h10,12H,5-9H2,1-4H3/q+1. The van der Waals surface area contributed by atoms with Crippen molar-refractivity contribution in [3.63, 3.8) is 0 Å². The lowest BCUT2D eigenvalue weighted by Crippen LogP contribution is -2.55. The SMILES string of the molecule is CCC([SiH](C)C)[N+]1(C)CCCC1. The minimum absolute atomic E-state index is 0.434. The second-order valence-corrected chi connectivity index (χ2v) is 8.11. The van der Waals surface area contributed by atoms with E-state index < -0.39 is 8.80 Å². The highest BCUT2D eigenvalue weighted by molar-refractivity contribution is 6.57. The van der Waals surface area contributed by atoms with E-state index in [9.17, 15) is 0 Å². The van der Waals surface area contributed by atoms with Crippen molar-refractivity contribution in [2.45, 2.75) is 44.9 Å². The van der Waals surface area contributed by atoms with E-state index in [1.165, 1.54) is 36.8 Å². The highest BCUT2D eigenvalue weighted by atomic mass is 28.3. The Morgan fingerprint density at radius 2 is 1.75 bits per heavy atom. The van der Waals surface area contributed by atoms with Gasteiger partial charge in [0, 0.05) is 12.8 Å². The van der Waals surface area contributed by atoms with Crippen LogP contribution in [0, 0.1) is 0 Å². The zero-order valence-corrected chi connectivity index (χ0v) is 10.3. The molecule has 1 heterocycles. The molecular formula is C10H24NSi+. The predicted octanol–water partition coefficient (Wildman–Crippen LogP) is 2.03. The fourth-order valence-corrected chi connectivity index (χ4v) is 5.70. The molecule has 1 aliphatic rings. The minimum Gasteiger partial charge on any atom is -0.327 e. The predicted molar refractivity (Wildman–Crippen MR) is 58.1 cm³/mol. The van der Waals surface area contributed by atoms with Crippen LogP contribution in [0.3, 0.4) is 0 Å². The van der Waals surface area contributed by atoms with E-state index >= 15 is 0 Å². The maximum absolute atomic E-state index is 2.51. The average Bonchev–Trinajstić information content (AvgIpc) is 2.37. The number of quaternary nitrogens is 1. The molecule has 1 aliphatic heterocycles. The van der Waals surface area contributed by atoms with E-state index in [0.29, 0.717) is 0 Å². The zero-order valence-electron chi connectivity index (χ0n) is 9.14. The van der Waals surface area contributed by atoms with Crippen molar-refractivity contribution >= 4 is 8.80 Å². The molecule has 1 saturated heterocycles. The molecular weight excluding hydrogens is 162 g/mol. The van der Waals surface area contributed by atoms with Crippen LogP contribution in [0.2, 0.25) is 13.1 Å². The van der Waals surface area contributed by atoms with Crippen molar-refractivity contribution in [2.24, 2.45) is 0 Å². The van der Waals surface area contributed by atoms with Gasteiger partial charge in [-0.2, -0.15) is 0 Å². The number of hydrogen-bond donors (Lipinski definition) is 0. The lowest BCUT2D eigenvalue weighted by atomic mass is 10.3. The first-order valence-electron chi connectivity index (χ1n) is 5.44. The molecule has 0 aromatic carbocycles. The maximum Gasteiger partial charge on any atom is 0.102 e.